The smallest absolute Gasteiger partial charge is 0.255 e. The van der Waals surface area contributed by atoms with Crippen molar-refractivity contribution < 1.29 is 14.3 Å². The van der Waals surface area contributed by atoms with E-state index in [0.29, 0.717) is 22.7 Å². The van der Waals surface area contributed by atoms with Crippen molar-refractivity contribution in [2.75, 3.05) is 31.4 Å². The van der Waals surface area contributed by atoms with Gasteiger partial charge in [0.25, 0.3) is 5.91 Å². The summed E-state index contributed by atoms with van der Waals surface area (Å²) in [5, 5.41) is 6.24. The number of methoxy groups -OCH3 is 2. The second-order valence-corrected chi connectivity index (χ2v) is 5.52. The first-order valence-corrected chi connectivity index (χ1v) is 7.53. The van der Waals surface area contributed by atoms with Crippen LogP contribution in [-0.2, 0) is 6.42 Å². The SMILES string of the molecule is COc1cc(C)c(NC(=O)c2ccc3c(c2)CCN3)cc1OC. The van der Waals surface area contributed by atoms with E-state index in [0.717, 1.165) is 24.2 Å². The van der Waals surface area contributed by atoms with Gasteiger partial charge in [-0.15, -0.1) is 0 Å². The molecule has 0 fully saturated rings. The van der Waals surface area contributed by atoms with Gasteiger partial charge in [-0.2, -0.15) is 0 Å². The fourth-order valence-electron chi connectivity index (χ4n) is 2.76. The number of fused-ring (bicyclic) bond motifs is 1. The number of rotatable bonds is 4. The van der Waals surface area contributed by atoms with Crippen molar-refractivity contribution >= 4 is 17.3 Å². The minimum atomic E-state index is -0.130. The summed E-state index contributed by atoms with van der Waals surface area (Å²) in [6, 6.07) is 9.37. The topological polar surface area (TPSA) is 59.6 Å². The van der Waals surface area contributed by atoms with Crippen molar-refractivity contribution in [2.24, 2.45) is 0 Å². The van der Waals surface area contributed by atoms with Gasteiger partial charge in [0.15, 0.2) is 11.5 Å². The van der Waals surface area contributed by atoms with Crippen LogP contribution in [0.1, 0.15) is 21.5 Å². The van der Waals surface area contributed by atoms with Crippen LogP contribution < -0.4 is 20.1 Å². The summed E-state index contributed by atoms with van der Waals surface area (Å²) in [6.45, 7) is 2.85. The van der Waals surface area contributed by atoms with Gasteiger partial charge in [0.1, 0.15) is 0 Å². The second-order valence-electron chi connectivity index (χ2n) is 5.52. The Morgan fingerprint density at radius 1 is 1.13 bits per heavy atom. The Morgan fingerprint density at radius 2 is 1.87 bits per heavy atom. The molecular weight excluding hydrogens is 292 g/mol. The zero-order valence-electron chi connectivity index (χ0n) is 13.5. The third kappa shape index (κ3) is 2.95. The van der Waals surface area contributed by atoms with Crippen LogP contribution in [0.15, 0.2) is 30.3 Å². The molecule has 23 heavy (non-hydrogen) atoms. The van der Waals surface area contributed by atoms with Crippen molar-refractivity contribution in [3.63, 3.8) is 0 Å². The Balaban J connectivity index is 1.85. The number of anilines is 2. The average Bonchev–Trinajstić information content (AvgIpc) is 3.03. The van der Waals surface area contributed by atoms with Crippen molar-refractivity contribution in [3.8, 4) is 11.5 Å². The van der Waals surface area contributed by atoms with Crippen LogP contribution in [0.4, 0.5) is 11.4 Å². The summed E-state index contributed by atoms with van der Waals surface area (Å²) in [4.78, 5) is 12.5. The van der Waals surface area contributed by atoms with Crippen LogP contribution in [0, 0.1) is 6.92 Å². The lowest BCUT2D eigenvalue weighted by atomic mass is 10.1. The van der Waals surface area contributed by atoms with Crippen molar-refractivity contribution in [1.82, 2.24) is 0 Å². The summed E-state index contributed by atoms with van der Waals surface area (Å²) >= 11 is 0. The summed E-state index contributed by atoms with van der Waals surface area (Å²) in [5.41, 5.74) is 4.58. The standard InChI is InChI=1S/C18H20N2O3/c1-11-8-16(22-2)17(23-3)10-15(11)20-18(21)13-4-5-14-12(9-13)6-7-19-14/h4-5,8-10,19H,6-7H2,1-3H3,(H,20,21). The zero-order valence-corrected chi connectivity index (χ0v) is 13.5. The molecule has 5 nitrogen and oxygen atoms in total. The summed E-state index contributed by atoms with van der Waals surface area (Å²) in [6.07, 6.45) is 0.950. The number of aryl methyl sites for hydroxylation is 1. The molecule has 2 aromatic rings. The molecule has 2 aromatic carbocycles. The molecule has 3 rings (SSSR count). The van der Waals surface area contributed by atoms with Gasteiger partial charge in [0.2, 0.25) is 0 Å². The molecule has 1 amide bonds. The Labute approximate surface area is 135 Å². The number of ether oxygens (including phenoxy) is 2. The van der Waals surface area contributed by atoms with Gasteiger partial charge < -0.3 is 20.1 Å². The van der Waals surface area contributed by atoms with Crippen LogP contribution in [0.3, 0.4) is 0 Å². The van der Waals surface area contributed by atoms with Gasteiger partial charge in [-0.05, 0) is 48.7 Å². The quantitative estimate of drug-likeness (QED) is 0.910. The molecule has 0 aromatic heterocycles. The minimum absolute atomic E-state index is 0.130. The average molecular weight is 312 g/mol. The third-order valence-electron chi connectivity index (χ3n) is 4.06. The minimum Gasteiger partial charge on any atom is -0.493 e. The molecule has 0 spiro atoms. The van der Waals surface area contributed by atoms with Gasteiger partial charge in [-0.25, -0.2) is 0 Å². The maximum absolute atomic E-state index is 12.5. The number of amides is 1. The van der Waals surface area contributed by atoms with Gasteiger partial charge in [-0.3, -0.25) is 4.79 Å². The molecule has 0 saturated carbocycles. The van der Waals surface area contributed by atoms with E-state index < -0.39 is 0 Å². The van der Waals surface area contributed by atoms with Crippen molar-refractivity contribution in [3.05, 3.63) is 47.0 Å². The predicted molar refractivity (Wildman–Crippen MR) is 90.9 cm³/mol. The fraction of sp³-hybridized carbons (Fsp3) is 0.278. The molecule has 1 heterocycles. The van der Waals surface area contributed by atoms with Crippen LogP contribution in [0.2, 0.25) is 0 Å². The molecule has 2 N–H and O–H groups in total. The van der Waals surface area contributed by atoms with Crippen molar-refractivity contribution in [1.29, 1.82) is 0 Å². The molecule has 0 bridgehead atoms. The largest absolute Gasteiger partial charge is 0.493 e. The highest BCUT2D eigenvalue weighted by Gasteiger charge is 2.15. The Hall–Kier alpha value is -2.69. The van der Waals surface area contributed by atoms with E-state index >= 15 is 0 Å². The Kier molecular flexibility index (Phi) is 4.10. The first-order valence-electron chi connectivity index (χ1n) is 7.53. The number of carbonyl (C=O) groups is 1. The summed E-state index contributed by atoms with van der Waals surface area (Å²) < 4.78 is 10.6. The predicted octanol–water partition coefficient (Wildman–Crippen LogP) is 3.23. The number of carbonyl (C=O) groups excluding carboxylic acids is 1. The second kappa shape index (κ2) is 6.20. The molecule has 1 aliphatic rings. The molecule has 0 saturated heterocycles. The van der Waals surface area contributed by atoms with E-state index in [-0.39, 0.29) is 5.91 Å². The number of benzene rings is 2. The van der Waals surface area contributed by atoms with Gasteiger partial charge >= 0.3 is 0 Å². The highest BCUT2D eigenvalue weighted by Crippen LogP contribution is 2.33. The van der Waals surface area contributed by atoms with Crippen molar-refractivity contribution in [2.45, 2.75) is 13.3 Å². The lowest BCUT2D eigenvalue weighted by molar-refractivity contribution is 0.102. The van der Waals surface area contributed by atoms with E-state index in [2.05, 4.69) is 10.6 Å². The van der Waals surface area contributed by atoms with Crippen LogP contribution in [0.25, 0.3) is 0 Å². The third-order valence-corrected chi connectivity index (χ3v) is 4.06. The number of hydrogen-bond acceptors (Lipinski definition) is 4. The molecule has 0 unspecified atom stereocenters. The van der Waals surface area contributed by atoms with E-state index in [9.17, 15) is 4.79 Å². The maximum Gasteiger partial charge on any atom is 0.255 e. The highest BCUT2D eigenvalue weighted by atomic mass is 16.5. The lowest BCUT2D eigenvalue weighted by Gasteiger charge is -2.14. The molecule has 1 aliphatic heterocycles. The van der Waals surface area contributed by atoms with Gasteiger partial charge in [0.05, 0.1) is 14.2 Å². The molecule has 120 valence electrons. The normalized spacial score (nSPS) is 12.3. The summed E-state index contributed by atoms with van der Waals surface area (Å²) in [5.74, 6) is 1.10. The van der Waals surface area contributed by atoms with Gasteiger partial charge in [0, 0.05) is 29.5 Å². The van der Waals surface area contributed by atoms with E-state index in [1.807, 2.05) is 31.2 Å². The fourth-order valence-corrected chi connectivity index (χ4v) is 2.76. The molecule has 0 radical (unpaired) electrons. The molecule has 5 heteroatoms. The van der Waals surface area contributed by atoms with E-state index in [1.54, 1.807) is 20.3 Å². The Morgan fingerprint density at radius 3 is 2.61 bits per heavy atom. The Bertz CT molecular complexity index is 756. The van der Waals surface area contributed by atoms with Crippen LogP contribution in [-0.4, -0.2) is 26.7 Å². The summed E-state index contributed by atoms with van der Waals surface area (Å²) in [7, 11) is 3.17. The van der Waals surface area contributed by atoms with Gasteiger partial charge in [-0.1, -0.05) is 0 Å². The van der Waals surface area contributed by atoms with E-state index in [1.165, 1.54) is 5.56 Å². The van der Waals surface area contributed by atoms with E-state index in [4.69, 9.17) is 9.47 Å². The molecule has 0 atom stereocenters. The maximum atomic E-state index is 12.5. The van der Waals surface area contributed by atoms with Crippen LogP contribution >= 0.6 is 0 Å². The highest BCUT2D eigenvalue weighted by molar-refractivity contribution is 6.05. The molecular formula is C18H20N2O3. The monoisotopic (exact) mass is 312 g/mol. The van der Waals surface area contributed by atoms with Crippen LogP contribution in [0.5, 0.6) is 11.5 Å². The zero-order chi connectivity index (χ0) is 16.4. The first kappa shape index (κ1) is 15.2. The first-order chi connectivity index (χ1) is 11.1. The number of nitrogens with one attached hydrogen (secondary N) is 2. The lowest BCUT2D eigenvalue weighted by Crippen LogP contribution is -2.13. The molecule has 0 aliphatic carbocycles. The number of hydrogen-bond donors (Lipinski definition) is 2.